The van der Waals surface area contributed by atoms with E-state index in [2.05, 4.69) is 17.5 Å². The van der Waals surface area contributed by atoms with E-state index in [1.54, 1.807) is 31.3 Å². The summed E-state index contributed by atoms with van der Waals surface area (Å²) in [5, 5.41) is 2.58. The van der Waals surface area contributed by atoms with Gasteiger partial charge in [-0.05, 0) is 36.0 Å². The number of anilines is 1. The average molecular weight is 310 g/mol. The molecular formula is C18H18N2O3. The van der Waals surface area contributed by atoms with Crippen LogP contribution in [-0.2, 0) is 20.8 Å². The number of benzene rings is 1. The number of allylic oxidation sites excluding steroid dienone is 2. The Labute approximate surface area is 134 Å². The Morgan fingerprint density at radius 2 is 1.65 bits per heavy atom. The van der Waals surface area contributed by atoms with Crippen LogP contribution in [0.3, 0.4) is 0 Å². The summed E-state index contributed by atoms with van der Waals surface area (Å²) in [7, 11) is 1.60. The molecule has 1 N–H and O–H groups in total. The van der Waals surface area contributed by atoms with E-state index in [9.17, 15) is 14.4 Å². The summed E-state index contributed by atoms with van der Waals surface area (Å²) in [4.78, 5) is 38.1. The lowest BCUT2D eigenvalue weighted by molar-refractivity contribution is -0.123. The number of amides is 3. The zero-order valence-corrected chi connectivity index (χ0v) is 12.9. The molecular weight excluding hydrogens is 292 g/mol. The third-order valence-electron chi connectivity index (χ3n) is 5.31. The van der Waals surface area contributed by atoms with Crippen LogP contribution in [0.15, 0.2) is 36.4 Å². The zero-order valence-electron chi connectivity index (χ0n) is 12.9. The Bertz CT molecular complexity index is 692. The minimum Gasteiger partial charge on any atom is -0.359 e. The SMILES string of the molecule is CNC(=O)Cc1ccc(N2C(=O)C3C4C=CC(C4)C3C2=O)cc1. The monoisotopic (exact) mass is 310 g/mol. The van der Waals surface area contributed by atoms with Crippen molar-refractivity contribution in [3.63, 3.8) is 0 Å². The lowest BCUT2D eigenvalue weighted by atomic mass is 9.85. The Morgan fingerprint density at radius 1 is 1.09 bits per heavy atom. The molecule has 4 atom stereocenters. The molecule has 1 aromatic rings. The lowest BCUT2D eigenvalue weighted by Crippen LogP contribution is -2.32. The highest BCUT2D eigenvalue weighted by atomic mass is 16.2. The Kier molecular flexibility index (Phi) is 3.11. The standard InChI is InChI=1S/C18H18N2O3/c1-19-14(21)8-10-2-6-13(7-3-10)20-17(22)15-11-4-5-12(9-11)16(15)18(20)23/h2-7,11-12,15-16H,8-9H2,1H3,(H,19,21). The minimum absolute atomic E-state index is 0.0664. The number of likely N-dealkylation sites (N-methyl/N-ethyl adjacent to an activating group) is 1. The molecule has 1 aliphatic heterocycles. The number of hydrogen-bond donors (Lipinski definition) is 1. The first kappa shape index (κ1) is 14.2. The summed E-state index contributed by atoms with van der Waals surface area (Å²) in [5.74, 6) is -0.126. The van der Waals surface area contributed by atoms with Gasteiger partial charge < -0.3 is 5.32 Å². The predicted octanol–water partition coefficient (Wildman–Crippen LogP) is 1.29. The molecule has 0 aromatic heterocycles. The van der Waals surface area contributed by atoms with Crippen LogP contribution in [0, 0.1) is 23.7 Å². The number of hydrogen-bond acceptors (Lipinski definition) is 3. The second kappa shape index (κ2) is 5.05. The van der Waals surface area contributed by atoms with Gasteiger partial charge in [-0.25, -0.2) is 0 Å². The summed E-state index contributed by atoms with van der Waals surface area (Å²) in [6, 6.07) is 7.10. The molecule has 118 valence electrons. The maximum absolute atomic E-state index is 12.7. The van der Waals surface area contributed by atoms with E-state index in [-0.39, 0.29) is 47.8 Å². The van der Waals surface area contributed by atoms with Gasteiger partial charge in [0.15, 0.2) is 0 Å². The van der Waals surface area contributed by atoms with Crippen molar-refractivity contribution in [3.8, 4) is 0 Å². The van der Waals surface area contributed by atoms with Crippen LogP contribution in [0.4, 0.5) is 5.69 Å². The quantitative estimate of drug-likeness (QED) is 0.676. The Hall–Kier alpha value is -2.43. The topological polar surface area (TPSA) is 66.5 Å². The molecule has 1 heterocycles. The van der Waals surface area contributed by atoms with E-state index in [1.165, 1.54) is 4.90 Å². The maximum Gasteiger partial charge on any atom is 0.238 e. The van der Waals surface area contributed by atoms with Crippen molar-refractivity contribution in [1.29, 1.82) is 0 Å². The molecule has 1 aromatic carbocycles. The third-order valence-corrected chi connectivity index (χ3v) is 5.31. The summed E-state index contributed by atoms with van der Waals surface area (Å²) >= 11 is 0. The molecule has 4 rings (SSSR count). The first-order valence-electron chi connectivity index (χ1n) is 7.96. The lowest BCUT2D eigenvalue weighted by Gasteiger charge is -2.17. The molecule has 5 nitrogen and oxygen atoms in total. The summed E-state index contributed by atoms with van der Waals surface area (Å²) in [6.07, 6.45) is 5.41. The molecule has 1 saturated carbocycles. The summed E-state index contributed by atoms with van der Waals surface area (Å²) in [5.41, 5.74) is 1.46. The van der Waals surface area contributed by atoms with E-state index in [0.29, 0.717) is 5.69 Å². The van der Waals surface area contributed by atoms with Gasteiger partial charge in [-0.15, -0.1) is 0 Å². The van der Waals surface area contributed by atoms with Crippen LogP contribution in [0.5, 0.6) is 0 Å². The molecule has 3 aliphatic rings. The van der Waals surface area contributed by atoms with Gasteiger partial charge in [0.05, 0.1) is 23.9 Å². The third kappa shape index (κ3) is 2.03. The van der Waals surface area contributed by atoms with E-state index in [1.807, 2.05) is 0 Å². The van der Waals surface area contributed by atoms with Crippen molar-refractivity contribution in [2.75, 3.05) is 11.9 Å². The minimum atomic E-state index is -0.178. The van der Waals surface area contributed by atoms with Crippen LogP contribution >= 0.6 is 0 Å². The van der Waals surface area contributed by atoms with Gasteiger partial charge in [0, 0.05) is 7.05 Å². The van der Waals surface area contributed by atoms with E-state index >= 15 is 0 Å². The molecule has 4 unspecified atom stereocenters. The van der Waals surface area contributed by atoms with E-state index < -0.39 is 0 Å². The molecule has 2 aliphatic carbocycles. The van der Waals surface area contributed by atoms with Gasteiger partial charge in [0.1, 0.15) is 0 Å². The smallest absolute Gasteiger partial charge is 0.238 e. The van der Waals surface area contributed by atoms with Gasteiger partial charge >= 0.3 is 0 Å². The van der Waals surface area contributed by atoms with Gasteiger partial charge in [-0.3, -0.25) is 19.3 Å². The first-order chi connectivity index (χ1) is 11.1. The van der Waals surface area contributed by atoms with E-state index in [4.69, 9.17) is 0 Å². The summed E-state index contributed by atoms with van der Waals surface area (Å²) in [6.45, 7) is 0. The van der Waals surface area contributed by atoms with Crippen molar-refractivity contribution in [3.05, 3.63) is 42.0 Å². The van der Waals surface area contributed by atoms with Crippen molar-refractivity contribution >= 4 is 23.4 Å². The number of carbonyl (C=O) groups excluding carboxylic acids is 3. The molecule has 0 radical (unpaired) electrons. The highest BCUT2D eigenvalue weighted by Crippen LogP contribution is 2.53. The zero-order chi connectivity index (χ0) is 16.1. The molecule has 0 spiro atoms. The van der Waals surface area contributed by atoms with Gasteiger partial charge in [-0.1, -0.05) is 24.3 Å². The largest absolute Gasteiger partial charge is 0.359 e. The fourth-order valence-corrected chi connectivity index (χ4v) is 4.19. The highest BCUT2D eigenvalue weighted by molar-refractivity contribution is 6.22. The van der Waals surface area contributed by atoms with Crippen LogP contribution in [0.2, 0.25) is 0 Å². The van der Waals surface area contributed by atoms with Crippen molar-refractivity contribution in [2.45, 2.75) is 12.8 Å². The van der Waals surface area contributed by atoms with Gasteiger partial charge in [0.2, 0.25) is 17.7 Å². The van der Waals surface area contributed by atoms with Crippen molar-refractivity contribution in [1.82, 2.24) is 5.32 Å². The second-order valence-corrected chi connectivity index (χ2v) is 6.53. The Morgan fingerprint density at radius 3 is 2.17 bits per heavy atom. The molecule has 23 heavy (non-hydrogen) atoms. The predicted molar refractivity (Wildman–Crippen MR) is 84.4 cm³/mol. The molecule has 3 amide bonds. The number of nitrogens with zero attached hydrogens (tertiary/aromatic N) is 1. The van der Waals surface area contributed by atoms with Gasteiger partial charge in [0.25, 0.3) is 0 Å². The maximum atomic E-state index is 12.7. The molecule has 2 fully saturated rings. The van der Waals surface area contributed by atoms with Crippen LogP contribution in [-0.4, -0.2) is 24.8 Å². The highest BCUT2D eigenvalue weighted by Gasteiger charge is 2.59. The van der Waals surface area contributed by atoms with E-state index in [0.717, 1.165) is 12.0 Å². The van der Waals surface area contributed by atoms with Crippen LogP contribution in [0.1, 0.15) is 12.0 Å². The van der Waals surface area contributed by atoms with Crippen LogP contribution < -0.4 is 10.2 Å². The fourth-order valence-electron chi connectivity index (χ4n) is 4.19. The van der Waals surface area contributed by atoms with Crippen molar-refractivity contribution < 1.29 is 14.4 Å². The van der Waals surface area contributed by atoms with Gasteiger partial charge in [-0.2, -0.15) is 0 Å². The average Bonchev–Trinajstić information content (AvgIpc) is 3.23. The molecule has 5 heteroatoms. The number of rotatable bonds is 3. The first-order valence-corrected chi connectivity index (χ1v) is 7.96. The van der Waals surface area contributed by atoms with Crippen LogP contribution in [0.25, 0.3) is 0 Å². The number of fused-ring (bicyclic) bond motifs is 5. The number of carbonyl (C=O) groups is 3. The normalized spacial score (nSPS) is 30.9. The molecule has 2 bridgehead atoms. The number of nitrogens with one attached hydrogen (secondary N) is 1. The Balaban J connectivity index is 1.58. The molecule has 1 saturated heterocycles. The fraction of sp³-hybridized carbons (Fsp3) is 0.389. The second-order valence-electron chi connectivity index (χ2n) is 6.53. The summed E-state index contributed by atoms with van der Waals surface area (Å²) < 4.78 is 0. The number of imide groups is 1. The van der Waals surface area contributed by atoms with Crippen molar-refractivity contribution in [2.24, 2.45) is 23.7 Å².